The highest BCUT2D eigenvalue weighted by molar-refractivity contribution is 7.80. The second kappa shape index (κ2) is 9.45. The van der Waals surface area contributed by atoms with Crippen molar-refractivity contribution in [3.63, 3.8) is 0 Å². The number of benzene rings is 1. The molecule has 0 aromatic heterocycles. The summed E-state index contributed by atoms with van der Waals surface area (Å²) in [6, 6.07) is 5.95. The highest BCUT2D eigenvalue weighted by atomic mass is 32.1. The van der Waals surface area contributed by atoms with Gasteiger partial charge in [-0.15, -0.1) is 0 Å². The van der Waals surface area contributed by atoms with Crippen LogP contribution in [0.4, 0.5) is 0 Å². The van der Waals surface area contributed by atoms with E-state index in [0.29, 0.717) is 24.2 Å². The minimum absolute atomic E-state index is 0.631. The van der Waals surface area contributed by atoms with Crippen LogP contribution in [0.25, 0.3) is 0 Å². The van der Waals surface area contributed by atoms with Gasteiger partial charge >= 0.3 is 0 Å². The zero-order valence-electron chi connectivity index (χ0n) is 13.4. The molecule has 0 fully saturated rings. The summed E-state index contributed by atoms with van der Waals surface area (Å²) in [5, 5.41) is 6.87. The van der Waals surface area contributed by atoms with Crippen molar-refractivity contribution >= 4 is 17.3 Å². The molecule has 5 heteroatoms. The van der Waals surface area contributed by atoms with E-state index in [4.69, 9.17) is 21.7 Å². The van der Waals surface area contributed by atoms with Crippen LogP contribution < -0.4 is 20.1 Å². The molecular formula is C16H26N2O2S. The van der Waals surface area contributed by atoms with Crippen LogP contribution in [0.15, 0.2) is 18.2 Å². The fourth-order valence-corrected chi connectivity index (χ4v) is 1.97. The Bertz CT molecular complexity index is 450. The fourth-order valence-electron chi connectivity index (χ4n) is 1.75. The first-order chi connectivity index (χ1) is 10.1. The lowest BCUT2D eigenvalue weighted by atomic mass is 10.1. The summed E-state index contributed by atoms with van der Waals surface area (Å²) in [6.45, 7) is 8.56. The Labute approximate surface area is 133 Å². The molecule has 0 unspecified atom stereocenters. The average Bonchev–Trinajstić information content (AvgIpc) is 2.46. The lowest BCUT2D eigenvalue weighted by Crippen LogP contribution is -2.34. The maximum atomic E-state index is 5.77. The van der Waals surface area contributed by atoms with E-state index >= 15 is 0 Å². The summed E-state index contributed by atoms with van der Waals surface area (Å²) in [7, 11) is 1.66. The predicted molar refractivity (Wildman–Crippen MR) is 91.1 cm³/mol. The van der Waals surface area contributed by atoms with Crippen molar-refractivity contribution in [2.24, 2.45) is 5.92 Å². The molecule has 118 valence electrons. The predicted octanol–water partition coefficient (Wildman–Crippen LogP) is 3.10. The van der Waals surface area contributed by atoms with Gasteiger partial charge in [-0.2, -0.15) is 0 Å². The van der Waals surface area contributed by atoms with Gasteiger partial charge in [0.1, 0.15) is 0 Å². The number of thiocarbonyl (C=S) groups is 1. The summed E-state index contributed by atoms with van der Waals surface area (Å²) < 4.78 is 11.2. The molecule has 0 saturated heterocycles. The van der Waals surface area contributed by atoms with Gasteiger partial charge in [0.25, 0.3) is 0 Å². The monoisotopic (exact) mass is 310 g/mol. The molecule has 0 heterocycles. The third-order valence-electron chi connectivity index (χ3n) is 2.97. The largest absolute Gasteiger partial charge is 0.493 e. The van der Waals surface area contributed by atoms with E-state index in [-0.39, 0.29) is 0 Å². The highest BCUT2D eigenvalue weighted by Gasteiger charge is 2.06. The van der Waals surface area contributed by atoms with Crippen LogP contribution in [-0.2, 0) is 6.54 Å². The molecule has 2 N–H and O–H groups in total. The van der Waals surface area contributed by atoms with Crippen molar-refractivity contribution in [2.75, 3.05) is 20.3 Å². The molecule has 0 aliphatic rings. The van der Waals surface area contributed by atoms with Gasteiger partial charge in [0.15, 0.2) is 16.6 Å². The van der Waals surface area contributed by atoms with Crippen LogP contribution >= 0.6 is 12.2 Å². The highest BCUT2D eigenvalue weighted by Crippen LogP contribution is 2.28. The number of nitrogens with one attached hydrogen (secondary N) is 2. The van der Waals surface area contributed by atoms with E-state index in [1.807, 2.05) is 25.1 Å². The van der Waals surface area contributed by atoms with Gasteiger partial charge in [-0.05, 0) is 49.2 Å². The van der Waals surface area contributed by atoms with Gasteiger partial charge in [-0.3, -0.25) is 0 Å². The Morgan fingerprint density at radius 3 is 2.62 bits per heavy atom. The standard InChI is InChI=1S/C16H26N2O2S/c1-5-17-16(21)18-11-13-6-7-14(15(10-13)19-4)20-9-8-12(2)3/h6-7,10,12H,5,8-9,11H2,1-4H3,(H2,17,18,21). The molecule has 0 radical (unpaired) electrons. The first-order valence-electron chi connectivity index (χ1n) is 7.38. The lowest BCUT2D eigenvalue weighted by Gasteiger charge is -2.14. The molecule has 0 bridgehead atoms. The number of hydrogen-bond donors (Lipinski definition) is 2. The van der Waals surface area contributed by atoms with E-state index in [9.17, 15) is 0 Å². The van der Waals surface area contributed by atoms with Gasteiger partial charge in [0.2, 0.25) is 0 Å². The van der Waals surface area contributed by atoms with Gasteiger partial charge in [0, 0.05) is 13.1 Å². The van der Waals surface area contributed by atoms with Crippen molar-refractivity contribution in [2.45, 2.75) is 33.7 Å². The van der Waals surface area contributed by atoms with E-state index in [1.54, 1.807) is 7.11 Å². The summed E-state index contributed by atoms with van der Waals surface area (Å²) >= 11 is 5.14. The second-order valence-electron chi connectivity index (χ2n) is 5.23. The zero-order valence-corrected chi connectivity index (χ0v) is 14.2. The van der Waals surface area contributed by atoms with Crippen LogP contribution in [0.1, 0.15) is 32.8 Å². The first-order valence-corrected chi connectivity index (χ1v) is 7.79. The van der Waals surface area contributed by atoms with Crippen molar-refractivity contribution < 1.29 is 9.47 Å². The van der Waals surface area contributed by atoms with Crippen LogP contribution in [0, 0.1) is 5.92 Å². The molecule has 0 saturated carbocycles. The number of hydrogen-bond acceptors (Lipinski definition) is 3. The summed E-state index contributed by atoms with van der Waals surface area (Å²) in [5.41, 5.74) is 1.10. The molecule has 0 aliphatic heterocycles. The van der Waals surface area contributed by atoms with Crippen molar-refractivity contribution in [3.05, 3.63) is 23.8 Å². The number of ether oxygens (including phenoxy) is 2. The third-order valence-corrected chi connectivity index (χ3v) is 3.26. The first kappa shape index (κ1) is 17.6. The normalized spacial score (nSPS) is 10.3. The smallest absolute Gasteiger partial charge is 0.166 e. The molecule has 0 spiro atoms. The average molecular weight is 310 g/mol. The minimum Gasteiger partial charge on any atom is -0.493 e. The van der Waals surface area contributed by atoms with E-state index in [1.165, 1.54) is 0 Å². The molecule has 1 aromatic rings. The summed E-state index contributed by atoms with van der Waals surface area (Å²) in [6.07, 6.45) is 1.03. The fraction of sp³-hybridized carbons (Fsp3) is 0.562. The maximum absolute atomic E-state index is 5.77. The summed E-state index contributed by atoms with van der Waals surface area (Å²) in [5.74, 6) is 2.18. The van der Waals surface area contributed by atoms with Crippen molar-refractivity contribution in [3.8, 4) is 11.5 Å². The zero-order chi connectivity index (χ0) is 15.7. The molecular weight excluding hydrogens is 284 g/mol. The van der Waals surface area contributed by atoms with Crippen molar-refractivity contribution in [1.29, 1.82) is 0 Å². The Balaban J connectivity index is 2.59. The second-order valence-corrected chi connectivity index (χ2v) is 5.64. The Morgan fingerprint density at radius 1 is 1.24 bits per heavy atom. The van der Waals surface area contributed by atoms with Crippen LogP contribution in [0.2, 0.25) is 0 Å². The SMILES string of the molecule is CCNC(=S)NCc1ccc(OCCC(C)C)c(OC)c1. The molecule has 0 aliphatic carbocycles. The van der Waals surface area contributed by atoms with Gasteiger partial charge in [-0.25, -0.2) is 0 Å². The van der Waals surface area contributed by atoms with Crippen LogP contribution in [0.3, 0.4) is 0 Å². The number of methoxy groups -OCH3 is 1. The van der Waals surface area contributed by atoms with Gasteiger partial charge < -0.3 is 20.1 Å². The lowest BCUT2D eigenvalue weighted by molar-refractivity contribution is 0.273. The van der Waals surface area contributed by atoms with E-state index in [0.717, 1.165) is 30.0 Å². The Kier molecular flexibility index (Phi) is 7.90. The van der Waals surface area contributed by atoms with Crippen LogP contribution in [0.5, 0.6) is 11.5 Å². The quantitative estimate of drug-likeness (QED) is 0.722. The molecule has 21 heavy (non-hydrogen) atoms. The molecule has 1 aromatic carbocycles. The molecule has 4 nitrogen and oxygen atoms in total. The van der Waals surface area contributed by atoms with E-state index < -0.39 is 0 Å². The molecule has 0 amide bonds. The number of rotatable bonds is 8. The maximum Gasteiger partial charge on any atom is 0.166 e. The van der Waals surface area contributed by atoms with Crippen LogP contribution in [-0.4, -0.2) is 25.4 Å². The Hall–Kier alpha value is -1.49. The summed E-state index contributed by atoms with van der Waals surface area (Å²) in [4.78, 5) is 0. The van der Waals surface area contributed by atoms with Gasteiger partial charge in [-0.1, -0.05) is 19.9 Å². The van der Waals surface area contributed by atoms with E-state index in [2.05, 4.69) is 24.5 Å². The Morgan fingerprint density at radius 2 is 2.00 bits per heavy atom. The minimum atomic E-state index is 0.631. The topological polar surface area (TPSA) is 42.5 Å². The van der Waals surface area contributed by atoms with Crippen molar-refractivity contribution in [1.82, 2.24) is 10.6 Å². The third kappa shape index (κ3) is 6.67. The molecule has 1 rings (SSSR count). The van der Waals surface area contributed by atoms with Gasteiger partial charge in [0.05, 0.1) is 13.7 Å². The molecule has 0 atom stereocenters.